The molecule has 0 aliphatic rings. The average molecular weight is 728 g/mol. The van der Waals surface area contributed by atoms with Gasteiger partial charge in [0, 0.05) is 44.7 Å². The summed E-state index contributed by atoms with van der Waals surface area (Å²) in [4.78, 5) is 2.35. The number of rotatable bonds is 5. The van der Waals surface area contributed by atoms with Crippen LogP contribution in [0.15, 0.2) is 209 Å². The lowest BCUT2D eigenvalue weighted by atomic mass is 9.93. The van der Waals surface area contributed by atoms with Gasteiger partial charge in [-0.1, -0.05) is 133 Å². The number of anilines is 3. The van der Waals surface area contributed by atoms with Gasteiger partial charge in [0.05, 0.1) is 0 Å². The van der Waals surface area contributed by atoms with Crippen LogP contribution in [0.4, 0.5) is 17.1 Å². The molecule has 12 aromatic rings. The number of benzene rings is 10. The van der Waals surface area contributed by atoms with Gasteiger partial charge >= 0.3 is 0 Å². The summed E-state index contributed by atoms with van der Waals surface area (Å²) in [6, 6.07) is 71.6. The molecule has 0 spiro atoms. The van der Waals surface area contributed by atoms with E-state index < -0.39 is 0 Å². The summed E-state index contributed by atoms with van der Waals surface area (Å²) in [6.07, 6.45) is 0. The summed E-state index contributed by atoms with van der Waals surface area (Å²) in [7, 11) is 0. The topological polar surface area (TPSA) is 29.5 Å². The third-order valence-corrected chi connectivity index (χ3v) is 11.6. The first-order chi connectivity index (χ1) is 28.2. The predicted octanol–water partition coefficient (Wildman–Crippen LogP) is 15.7. The van der Waals surface area contributed by atoms with Crippen molar-refractivity contribution in [2.24, 2.45) is 0 Å². The smallest absolute Gasteiger partial charge is 0.137 e. The Morgan fingerprint density at radius 3 is 1.63 bits per heavy atom. The maximum Gasteiger partial charge on any atom is 0.137 e. The second kappa shape index (κ2) is 12.5. The summed E-state index contributed by atoms with van der Waals surface area (Å²) in [5.74, 6) is 0. The van der Waals surface area contributed by atoms with E-state index in [0.29, 0.717) is 0 Å². The van der Waals surface area contributed by atoms with Gasteiger partial charge in [-0.05, 0) is 115 Å². The number of hydrogen-bond acceptors (Lipinski definition) is 3. The van der Waals surface area contributed by atoms with Crippen LogP contribution in [0.25, 0.3) is 98.4 Å². The minimum Gasteiger partial charge on any atom is -0.456 e. The molecule has 0 atom stereocenters. The van der Waals surface area contributed by atoms with E-state index in [0.717, 1.165) is 82.8 Å². The van der Waals surface area contributed by atoms with E-state index in [2.05, 4.69) is 187 Å². The number of fused-ring (bicyclic) bond motifs is 11. The zero-order valence-electron chi connectivity index (χ0n) is 30.8. The van der Waals surface area contributed by atoms with Crippen molar-refractivity contribution in [2.75, 3.05) is 4.90 Å². The first-order valence-corrected chi connectivity index (χ1v) is 19.4. The third-order valence-electron chi connectivity index (χ3n) is 11.6. The molecule has 0 amide bonds. The van der Waals surface area contributed by atoms with Crippen molar-refractivity contribution in [3.63, 3.8) is 0 Å². The van der Waals surface area contributed by atoms with Crippen molar-refractivity contribution in [3.8, 4) is 22.3 Å². The molecule has 12 rings (SSSR count). The van der Waals surface area contributed by atoms with Gasteiger partial charge in [-0.15, -0.1) is 0 Å². The molecule has 0 aliphatic heterocycles. The number of hydrogen-bond donors (Lipinski definition) is 0. The second-order valence-corrected chi connectivity index (χ2v) is 14.8. The molecule has 0 saturated heterocycles. The highest BCUT2D eigenvalue weighted by Crippen LogP contribution is 2.45. The van der Waals surface area contributed by atoms with Crippen LogP contribution in [0.5, 0.6) is 0 Å². The molecular formula is C54H33NO2. The second-order valence-electron chi connectivity index (χ2n) is 14.8. The van der Waals surface area contributed by atoms with Crippen molar-refractivity contribution in [1.82, 2.24) is 0 Å². The van der Waals surface area contributed by atoms with Gasteiger partial charge in [0.1, 0.15) is 22.3 Å². The van der Waals surface area contributed by atoms with E-state index in [9.17, 15) is 0 Å². The minimum atomic E-state index is 0.857. The molecule has 3 nitrogen and oxygen atoms in total. The Morgan fingerprint density at radius 2 is 0.825 bits per heavy atom. The fourth-order valence-corrected chi connectivity index (χ4v) is 9.01. The average Bonchev–Trinajstić information content (AvgIpc) is 3.84. The summed E-state index contributed by atoms with van der Waals surface area (Å²) in [6.45, 7) is 0. The Balaban J connectivity index is 1.08. The standard InChI is InChI=1S/C54H33NO2/c1-2-12-34(13-3-1)48-33-53-54(46-19-9-11-21-51(46)57-53)45-29-27-38(31-49(45)48)55(39-26-28-44-43-18-8-10-20-50(43)56-52(44)32-39)37-24-22-35(23-25-37)47-30-36-14-4-5-15-40(36)41-16-6-7-17-42(41)47/h1-33H. The van der Waals surface area contributed by atoms with Crippen LogP contribution in [0.3, 0.4) is 0 Å². The zero-order chi connectivity index (χ0) is 37.5. The van der Waals surface area contributed by atoms with Crippen LogP contribution in [-0.4, -0.2) is 0 Å². The summed E-state index contributed by atoms with van der Waals surface area (Å²) in [5.41, 5.74) is 11.3. The van der Waals surface area contributed by atoms with Crippen molar-refractivity contribution in [2.45, 2.75) is 0 Å². The van der Waals surface area contributed by atoms with Crippen LogP contribution in [0.2, 0.25) is 0 Å². The molecule has 0 unspecified atom stereocenters. The van der Waals surface area contributed by atoms with Crippen LogP contribution in [0, 0.1) is 0 Å². The molecule has 0 radical (unpaired) electrons. The maximum atomic E-state index is 6.48. The Kier molecular flexibility index (Phi) is 6.93. The number of para-hydroxylation sites is 2. The molecule has 0 bridgehead atoms. The highest BCUT2D eigenvalue weighted by molar-refractivity contribution is 6.22. The molecular weight excluding hydrogens is 695 g/mol. The van der Waals surface area contributed by atoms with Crippen molar-refractivity contribution in [3.05, 3.63) is 200 Å². The lowest BCUT2D eigenvalue weighted by Crippen LogP contribution is -2.10. The first kappa shape index (κ1) is 31.7. The van der Waals surface area contributed by atoms with E-state index in [1.807, 2.05) is 18.2 Å². The quantitative estimate of drug-likeness (QED) is 0.165. The van der Waals surface area contributed by atoms with Crippen LogP contribution in [-0.2, 0) is 0 Å². The largest absolute Gasteiger partial charge is 0.456 e. The normalized spacial score (nSPS) is 11.9. The summed E-state index contributed by atoms with van der Waals surface area (Å²) < 4.78 is 12.9. The molecule has 2 heterocycles. The highest BCUT2D eigenvalue weighted by Gasteiger charge is 2.20. The van der Waals surface area contributed by atoms with E-state index in [1.165, 1.54) is 32.7 Å². The lowest BCUT2D eigenvalue weighted by molar-refractivity contribution is 0.668. The molecule has 266 valence electrons. The van der Waals surface area contributed by atoms with Crippen LogP contribution >= 0.6 is 0 Å². The van der Waals surface area contributed by atoms with Gasteiger partial charge in [-0.2, -0.15) is 0 Å². The molecule has 0 aliphatic carbocycles. The molecule has 10 aromatic carbocycles. The van der Waals surface area contributed by atoms with E-state index in [-0.39, 0.29) is 0 Å². The van der Waals surface area contributed by atoms with Gasteiger partial charge in [0.15, 0.2) is 0 Å². The minimum absolute atomic E-state index is 0.857. The molecule has 0 fully saturated rings. The van der Waals surface area contributed by atoms with Gasteiger partial charge in [0.25, 0.3) is 0 Å². The summed E-state index contributed by atoms with van der Waals surface area (Å²) in [5, 5.41) is 11.8. The maximum absolute atomic E-state index is 6.48. The van der Waals surface area contributed by atoms with E-state index >= 15 is 0 Å². The fourth-order valence-electron chi connectivity index (χ4n) is 9.01. The fraction of sp³-hybridized carbons (Fsp3) is 0. The van der Waals surface area contributed by atoms with Gasteiger partial charge in [0.2, 0.25) is 0 Å². The number of nitrogens with zero attached hydrogens (tertiary/aromatic N) is 1. The first-order valence-electron chi connectivity index (χ1n) is 19.4. The SMILES string of the molecule is c1ccc(-c2cc3oc4ccccc4c3c3ccc(N(c4ccc(-c5cc6ccccc6c6ccccc56)cc4)c4ccc5c(c4)oc4ccccc45)cc23)cc1. The van der Waals surface area contributed by atoms with Gasteiger partial charge in [-0.25, -0.2) is 0 Å². The Morgan fingerprint density at radius 1 is 0.281 bits per heavy atom. The highest BCUT2D eigenvalue weighted by atomic mass is 16.3. The lowest BCUT2D eigenvalue weighted by Gasteiger charge is -2.26. The molecule has 0 N–H and O–H groups in total. The van der Waals surface area contributed by atoms with Crippen LogP contribution < -0.4 is 4.90 Å². The van der Waals surface area contributed by atoms with Crippen molar-refractivity contribution in [1.29, 1.82) is 0 Å². The predicted molar refractivity (Wildman–Crippen MR) is 239 cm³/mol. The monoisotopic (exact) mass is 727 g/mol. The Hall–Kier alpha value is -7.62. The Bertz CT molecular complexity index is 3520. The Labute approximate surface area is 328 Å². The van der Waals surface area contributed by atoms with Gasteiger partial charge < -0.3 is 13.7 Å². The molecule has 3 heteroatoms. The van der Waals surface area contributed by atoms with Crippen LogP contribution in [0.1, 0.15) is 0 Å². The molecule has 2 aromatic heterocycles. The van der Waals surface area contributed by atoms with Crippen molar-refractivity contribution >= 4 is 93.3 Å². The molecule has 57 heavy (non-hydrogen) atoms. The zero-order valence-corrected chi connectivity index (χ0v) is 30.8. The number of furan rings is 2. The van der Waals surface area contributed by atoms with Crippen molar-refractivity contribution < 1.29 is 8.83 Å². The van der Waals surface area contributed by atoms with E-state index in [4.69, 9.17) is 8.83 Å². The summed E-state index contributed by atoms with van der Waals surface area (Å²) >= 11 is 0. The molecule has 0 saturated carbocycles. The van der Waals surface area contributed by atoms with Gasteiger partial charge in [-0.3, -0.25) is 0 Å². The third kappa shape index (κ3) is 4.99. The van der Waals surface area contributed by atoms with E-state index in [1.54, 1.807) is 0 Å².